The van der Waals surface area contributed by atoms with E-state index >= 15 is 0 Å². The monoisotopic (exact) mass is 257 g/mol. The molecular weight excluding hydrogens is 242 g/mol. The van der Waals surface area contributed by atoms with Crippen molar-refractivity contribution in [3.63, 3.8) is 0 Å². The summed E-state index contributed by atoms with van der Waals surface area (Å²) < 4.78 is 14.5. The molecule has 18 heavy (non-hydrogen) atoms. The molecule has 1 aliphatic heterocycles. The average Bonchev–Trinajstić information content (AvgIpc) is 2.68. The molecule has 0 aromatic heterocycles. The molecule has 1 heterocycles. The van der Waals surface area contributed by atoms with Crippen LogP contribution in [-0.2, 0) is 17.5 Å². The Morgan fingerprint density at radius 3 is 2.33 bits per heavy atom. The smallest absolute Gasteiger partial charge is 0.153 e. The first kappa shape index (κ1) is 11.5. The van der Waals surface area contributed by atoms with Gasteiger partial charge in [0, 0.05) is 0 Å². The second-order valence-corrected chi connectivity index (χ2v) is 6.01. The lowest BCUT2D eigenvalue weighted by atomic mass is 10.1. The summed E-state index contributed by atoms with van der Waals surface area (Å²) in [5.41, 5.74) is 4.62. The normalized spacial score (nSPS) is 17.9. The Labute approximate surface area is 110 Å². The Hall–Kier alpha value is -1.61. The van der Waals surface area contributed by atoms with Gasteiger partial charge in [-0.15, -0.1) is 0 Å². The van der Waals surface area contributed by atoms with Crippen molar-refractivity contribution in [2.24, 2.45) is 0 Å². The van der Waals surface area contributed by atoms with Crippen LogP contribution in [0.2, 0.25) is 0 Å². The highest BCUT2D eigenvalue weighted by Crippen LogP contribution is 2.35. The zero-order valence-corrected chi connectivity index (χ0v) is 11.3. The second kappa shape index (κ2) is 4.25. The predicted molar refractivity (Wildman–Crippen MR) is 74.9 cm³/mol. The van der Waals surface area contributed by atoms with Gasteiger partial charge in [0.2, 0.25) is 0 Å². The Morgan fingerprint density at radius 1 is 1.00 bits per heavy atom. The van der Waals surface area contributed by atoms with E-state index in [2.05, 4.69) is 32.0 Å². The van der Waals surface area contributed by atoms with Crippen LogP contribution in [-0.4, -0.2) is 4.21 Å². The first-order chi connectivity index (χ1) is 8.68. The van der Waals surface area contributed by atoms with Crippen molar-refractivity contribution in [1.29, 1.82) is 0 Å². The summed E-state index contributed by atoms with van der Waals surface area (Å²) in [6, 6.07) is 14.2. The SMILES string of the molecule is Cc1cccc(C)c1N1Cc2ccccc2S1=O. The maximum atomic E-state index is 12.5. The highest BCUT2D eigenvalue weighted by molar-refractivity contribution is 7.86. The standard InChI is InChI=1S/C15H15NOS/c1-11-6-5-7-12(2)15(11)16-10-13-8-3-4-9-14(13)18(16)17/h3-9H,10H2,1-2H3. The molecular formula is C15H15NOS. The summed E-state index contributed by atoms with van der Waals surface area (Å²) >= 11 is 0. The van der Waals surface area contributed by atoms with Gasteiger partial charge in [-0.05, 0) is 36.6 Å². The van der Waals surface area contributed by atoms with E-state index in [1.54, 1.807) is 0 Å². The topological polar surface area (TPSA) is 20.3 Å². The third-order valence-corrected chi connectivity index (χ3v) is 4.85. The van der Waals surface area contributed by atoms with Crippen LogP contribution in [0.5, 0.6) is 0 Å². The van der Waals surface area contributed by atoms with E-state index in [9.17, 15) is 4.21 Å². The van der Waals surface area contributed by atoms with Gasteiger partial charge in [-0.3, -0.25) is 4.31 Å². The van der Waals surface area contributed by atoms with E-state index < -0.39 is 11.0 Å². The molecule has 3 rings (SSSR count). The molecule has 0 bridgehead atoms. The van der Waals surface area contributed by atoms with Crippen molar-refractivity contribution in [2.75, 3.05) is 4.31 Å². The number of fused-ring (bicyclic) bond motifs is 1. The van der Waals surface area contributed by atoms with Gasteiger partial charge >= 0.3 is 0 Å². The Morgan fingerprint density at radius 2 is 1.67 bits per heavy atom. The molecule has 0 spiro atoms. The van der Waals surface area contributed by atoms with Crippen LogP contribution in [0.3, 0.4) is 0 Å². The van der Waals surface area contributed by atoms with E-state index in [-0.39, 0.29) is 0 Å². The highest BCUT2D eigenvalue weighted by Gasteiger charge is 2.28. The summed E-state index contributed by atoms with van der Waals surface area (Å²) in [6.45, 7) is 4.87. The van der Waals surface area contributed by atoms with Gasteiger partial charge in [-0.1, -0.05) is 36.4 Å². The lowest BCUT2D eigenvalue weighted by Gasteiger charge is -2.20. The lowest BCUT2D eigenvalue weighted by molar-refractivity contribution is 0.683. The van der Waals surface area contributed by atoms with E-state index in [0.717, 1.165) is 17.1 Å². The zero-order valence-electron chi connectivity index (χ0n) is 10.5. The molecule has 1 aliphatic rings. The molecule has 0 N–H and O–H groups in total. The molecule has 0 fully saturated rings. The predicted octanol–water partition coefficient (Wildman–Crippen LogP) is 3.35. The molecule has 3 heteroatoms. The van der Waals surface area contributed by atoms with Crippen LogP contribution in [0.4, 0.5) is 5.69 Å². The van der Waals surface area contributed by atoms with Crippen LogP contribution < -0.4 is 4.31 Å². The van der Waals surface area contributed by atoms with Gasteiger partial charge in [0.1, 0.15) is 0 Å². The van der Waals surface area contributed by atoms with Crippen molar-refractivity contribution < 1.29 is 4.21 Å². The number of hydrogen-bond donors (Lipinski definition) is 0. The number of nitrogens with zero attached hydrogens (tertiary/aromatic N) is 1. The molecule has 2 aromatic rings. The van der Waals surface area contributed by atoms with Crippen molar-refractivity contribution in [3.05, 3.63) is 59.2 Å². The van der Waals surface area contributed by atoms with E-state index in [1.165, 1.54) is 16.7 Å². The molecule has 92 valence electrons. The first-order valence-corrected chi connectivity index (χ1v) is 7.12. The molecule has 0 saturated carbocycles. The second-order valence-electron chi connectivity index (χ2n) is 4.63. The molecule has 0 saturated heterocycles. The average molecular weight is 257 g/mol. The summed E-state index contributed by atoms with van der Waals surface area (Å²) in [4.78, 5) is 0.945. The third kappa shape index (κ3) is 1.66. The maximum absolute atomic E-state index is 12.5. The molecule has 0 radical (unpaired) electrons. The van der Waals surface area contributed by atoms with Gasteiger partial charge in [0.05, 0.1) is 17.1 Å². The van der Waals surface area contributed by atoms with Crippen LogP contribution in [0.15, 0.2) is 47.4 Å². The zero-order chi connectivity index (χ0) is 12.7. The fourth-order valence-electron chi connectivity index (χ4n) is 2.50. The number of hydrogen-bond acceptors (Lipinski definition) is 1. The molecule has 1 atom stereocenters. The Bertz CT molecular complexity index is 616. The minimum atomic E-state index is -1.07. The van der Waals surface area contributed by atoms with Crippen molar-refractivity contribution in [3.8, 4) is 0 Å². The number of para-hydroxylation sites is 1. The fourth-order valence-corrected chi connectivity index (χ4v) is 4.00. The van der Waals surface area contributed by atoms with Crippen LogP contribution in [0.1, 0.15) is 16.7 Å². The van der Waals surface area contributed by atoms with Gasteiger partial charge in [-0.2, -0.15) is 0 Å². The number of anilines is 1. The number of rotatable bonds is 1. The minimum Gasteiger partial charge on any atom is -0.283 e. The van der Waals surface area contributed by atoms with Crippen LogP contribution in [0, 0.1) is 13.8 Å². The molecule has 1 unspecified atom stereocenters. The molecule has 2 aromatic carbocycles. The summed E-state index contributed by atoms with van der Waals surface area (Å²) in [5.74, 6) is 0. The molecule has 2 nitrogen and oxygen atoms in total. The van der Waals surface area contributed by atoms with Crippen LogP contribution >= 0.6 is 0 Å². The highest BCUT2D eigenvalue weighted by atomic mass is 32.2. The minimum absolute atomic E-state index is 0.731. The van der Waals surface area contributed by atoms with E-state index in [1.807, 2.05) is 28.6 Å². The third-order valence-electron chi connectivity index (χ3n) is 3.36. The van der Waals surface area contributed by atoms with Crippen molar-refractivity contribution in [1.82, 2.24) is 0 Å². The summed E-state index contributed by atoms with van der Waals surface area (Å²) in [5, 5.41) is 0. The number of benzene rings is 2. The van der Waals surface area contributed by atoms with E-state index in [0.29, 0.717) is 0 Å². The van der Waals surface area contributed by atoms with Gasteiger partial charge in [0.25, 0.3) is 0 Å². The van der Waals surface area contributed by atoms with Gasteiger partial charge < -0.3 is 0 Å². The fraction of sp³-hybridized carbons (Fsp3) is 0.200. The Kier molecular flexibility index (Phi) is 2.71. The largest absolute Gasteiger partial charge is 0.283 e. The molecule has 0 amide bonds. The van der Waals surface area contributed by atoms with Crippen LogP contribution in [0.25, 0.3) is 0 Å². The lowest BCUT2D eigenvalue weighted by Crippen LogP contribution is -2.20. The first-order valence-electron chi connectivity index (χ1n) is 6.02. The molecule has 0 aliphatic carbocycles. The van der Waals surface area contributed by atoms with Gasteiger partial charge in [-0.25, -0.2) is 4.21 Å². The maximum Gasteiger partial charge on any atom is 0.153 e. The van der Waals surface area contributed by atoms with Crippen molar-refractivity contribution >= 4 is 16.7 Å². The van der Waals surface area contributed by atoms with Gasteiger partial charge in [0.15, 0.2) is 11.0 Å². The number of aryl methyl sites for hydroxylation is 2. The summed E-state index contributed by atoms with van der Waals surface area (Å²) in [7, 11) is -1.07. The van der Waals surface area contributed by atoms with E-state index in [4.69, 9.17) is 0 Å². The Balaban J connectivity index is 2.10. The quantitative estimate of drug-likeness (QED) is 0.767. The van der Waals surface area contributed by atoms with Crippen molar-refractivity contribution in [2.45, 2.75) is 25.3 Å². The summed E-state index contributed by atoms with van der Waals surface area (Å²) in [6.07, 6.45) is 0.